The molecular formula is C38H32F2N6O4S. The van der Waals surface area contributed by atoms with Crippen molar-refractivity contribution in [3.63, 3.8) is 0 Å². The van der Waals surface area contributed by atoms with E-state index in [2.05, 4.69) is 25.5 Å². The fraction of sp³-hybridized carbons (Fsp3) is 0.237. The van der Waals surface area contributed by atoms with Crippen molar-refractivity contribution in [1.82, 2.24) is 9.97 Å². The summed E-state index contributed by atoms with van der Waals surface area (Å²) < 4.78 is 33.9. The lowest BCUT2D eigenvalue weighted by Crippen LogP contribution is -2.59. The molecule has 5 aromatic rings. The Morgan fingerprint density at radius 1 is 0.882 bits per heavy atom. The van der Waals surface area contributed by atoms with Gasteiger partial charge in [-0.25, -0.2) is 13.8 Å². The summed E-state index contributed by atoms with van der Waals surface area (Å²) in [6.45, 7) is 3.55. The third-order valence-electron chi connectivity index (χ3n) is 9.74. The van der Waals surface area contributed by atoms with Crippen molar-refractivity contribution in [2.24, 2.45) is 5.41 Å². The van der Waals surface area contributed by atoms with Gasteiger partial charge in [0.2, 0.25) is 0 Å². The monoisotopic (exact) mass is 706 g/mol. The highest BCUT2D eigenvalue weighted by atomic mass is 32.1. The molecule has 2 N–H and O–H groups in total. The molecule has 3 amide bonds. The number of nitrogens with zero attached hydrogens (tertiary/aromatic N) is 4. The number of benzene rings is 2. The number of anilines is 4. The van der Waals surface area contributed by atoms with Gasteiger partial charge in [-0.2, -0.15) is 0 Å². The normalized spacial score (nSPS) is 16.0. The first kappa shape index (κ1) is 32.7. The lowest BCUT2D eigenvalue weighted by atomic mass is 9.73. The highest BCUT2D eigenvalue weighted by Crippen LogP contribution is 2.43. The number of para-hydroxylation sites is 1. The van der Waals surface area contributed by atoms with Gasteiger partial charge in [0.25, 0.3) is 17.7 Å². The van der Waals surface area contributed by atoms with Crippen LogP contribution in [0.2, 0.25) is 0 Å². The van der Waals surface area contributed by atoms with Crippen molar-refractivity contribution in [1.29, 1.82) is 0 Å². The number of hydrogen-bond acceptors (Lipinski definition) is 8. The zero-order chi connectivity index (χ0) is 35.1. The lowest BCUT2D eigenvalue weighted by molar-refractivity contribution is -0.000510. The maximum atomic E-state index is 14.2. The molecule has 0 aliphatic carbocycles. The number of fused-ring (bicyclic) bond motifs is 3. The molecule has 0 unspecified atom stereocenters. The predicted octanol–water partition coefficient (Wildman–Crippen LogP) is 6.81. The number of carbonyl (C=O) groups is 3. The molecule has 2 saturated heterocycles. The first-order valence-corrected chi connectivity index (χ1v) is 17.4. The van der Waals surface area contributed by atoms with Crippen LogP contribution in [0.3, 0.4) is 0 Å². The number of amides is 3. The summed E-state index contributed by atoms with van der Waals surface area (Å²) in [6, 6.07) is 17.1. The molecule has 0 atom stereocenters. The summed E-state index contributed by atoms with van der Waals surface area (Å²) in [5.41, 5.74) is 3.29. The van der Waals surface area contributed by atoms with E-state index in [1.54, 1.807) is 72.0 Å². The van der Waals surface area contributed by atoms with E-state index in [9.17, 15) is 23.2 Å². The number of hydrogen-bond donors (Lipinski definition) is 2. The van der Waals surface area contributed by atoms with E-state index >= 15 is 0 Å². The quantitative estimate of drug-likeness (QED) is 0.199. The summed E-state index contributed by atoms with van der Waals surface area (Å²) in [5.74, 6) is -2.22. The van der Waals surface area contributed by atoms with E-state index in [4.69, 9.17) is 4.74 Å². The van der Waals surface area contributed by atoms with Crippen LogP contribution in [0.15, 0.2) is 85.3 Å². The molecule has 3 aromatic heterocycles. The Morgan fingerprint density at radius 3 is 2.41 bits per heavy atom. The third-order valence-corrected chi connectivity index (χ3v) is 11.0. The highest BCUT2D eigenvalue weighted by molar-refractivity contribution is 7.17. The van der Waals surface area contributed by atoms with E-state index in [1.807, 2.05) is 0 Å². The van der Waals surface area contributed by atoms with Crippen LogP contribution in [-0.2, 0) is 11.2 Å². The Kier molecular flexibility index (Phi) is 8.52. The number of ether oxygens (including phenoxy) is 1. The second kappa shape index (κ2) is 13.3. The van der Waals surface area contributed by atoms with E-state index in [0.29, 0.717) is 46.8 Å². The minimum Gasteiger partial charge on any atom is -0.381 e. The Balaban J connectivity index is 0.968. The number of pyridine rings is 2. The van der Waals surface area contributed by atoms with Crippen molar-refractivity contribution in [3.8, 4) is 10.4 Å². The van der Waals surface area contributed by atoms with Crippen molar-refractivity contribution < 1.29 is 27.9 Å². The van der Waals surface area contributed by atoms with E-state index < -0.39 is 23.2 Å². The van der Waals surface area contributed by atoms with Crippen molar-refractivity contribution in [2.75, 3.05) is 53.3 Å². The Labute approximate surface area is 296 Å². The fourth-order valence-corrected chi connectivity index (χ4v) is 8.14. The molecule has 51 heavy (non-hydrogen) atoms. The Hall–Kier alpha value is -5.53. The minimum absolute atomic E-state index is 0.230. The zero-order valence-electron chi connectivity index (χ0n) is 27.3. The first-order chi connectivity index (χ1) is 24.8. The van der Waals surface area contributed by atoms with Crippen LogP contribution in [0, 0.1) is 17.0 Å². The molecule has 3 aliphatic heterocycles. The number of halogens is 2. The van der Waals surface area contributed by atoms with Crippen LogP contribution in [0.4, 0.5) is 31.7 Å². The van der Waals surface area contributed by atoms with E-state index in [0.717, 1.165) is 61.7 Å². The second-order valence-electron chi connectivity index (χ2n) is 13.0. The number of nitrogens with one attached hydrogen (secondary N) is 2. The molecule has 258 valence electrons. The van der Waals surface area contributed by atoms with Gasteiger partial charge >= 0.3 is 0 Å². The maximum absolute atomic E-state index is 14.2. The van der Waals surface area contributed by atoms with Crippen LogP contribution in [-0.4, -0.2) is 60.5 Å². The van der Waals surface area contributed by atoms with Gasteiger partial charge in [0.05, 0.1) is 16.1 Å². The molecule has 0 bridgehead atoms. The van der Waals surface area contributed by atoms with Gasteiger partial charge in [-0.15, -0.1) is 11.3 Å². The lowest BCUT2D eigenvalue weighted by Gasteiger charge is -2.53. The van der Waals surface area contributed by atoms with Crippen molar-refractivity contribution in [2.45, 2.75) is 19.3 Å². The molecule has 0 radical (unpaired) electrons. The first-order valence-electron chi connectivity index (χ1n) is 16.6. The largest absolute Gasteiger partial charge is 0.381 e. The number of carbonyl (C=O) groups excluding carboxylic acids is 3. The highest BCUT2D eigenvalue weighted by Gasteiger charge is 2.45. The van der Waals surface area contributed by atoms with Gasteiger partial charge in [0.15, 0.2) is 0 Å². The van der Waals surface area contributed by atoms with Crippen LogP contribution in [0.25, 0.3) is 10.4 Å². The van der Waals surface area contributed by atoms with Gasteiger partial charge in [-0.3, -0.25) is 19.4 Å². The van der Waals surface area contributed by atoms with Crippen LogP contribution >= 0.6 is 11.3 Å². The topological polar surface area (TPSA) is 117 Å². The molecule has 10 nitrogen and oxygen atoms in total. The molecule has 2 fully saturated rings. The van der Waals surface area contributed by atoms with Crippen LogP contribution in [0.5, 0.6) is 0 Å². The summed E-state index contributed by atoms with van der Waals surface area (Å²) >= 11 is 1.17. The minimum atomic E-state index is -0.867. The van der Waals surface area contributed by atoms with Gasteiger partial charge in [0.1, 0.15) is 23.1 Å². The zero-order valence-corrected chi connectivity index (χ0v) is 28.1. The number of rotatable bonds is 6. The molecule has 2 aromatic carbocycles. The molecule has 6 heterocycles. The number of thiophene rings is 1. The molecule has 8 rings (SSSR count). The molecule has 1 spiro atoms. The van der Waals surface area contributed by atoms with Crippen LogP contribution < -0.4 is 20.4 Å². The molecule has 13 heteroatoms. The molecule has 3 aliphatic rings. The maximum Gasteiger partial charge on any atom is 0.265 e. The Bertz CT molecular complexity index is 2140. The standard InChI is InChI=1S/C38H32F2N6O4S/c39-28-4-1-5-29(40)32(28)44-36(48)31-19-24-11-16-46(30-10-15-41-20-27(30)33(24)51-31)37(49)23-6-8-25(9-7-23)43-35(47)26-3-2-14-42-34(26)45-21-38(22-45)12-17-50-18-13-38/h1-10,14-15,19-20H,11-13,16-18,21-22H2,(H,43,47)(H,44,48). The van der Waals surface area contributed by atoms with Gasteiger partial charge < -0.3 is 25.2 Å². The van der Waals surface area contributed by atoms with Gasteiger partial charge in [-0.05, 0) is 85.5 Å². The number of aromatic nitrogens is 2. The van der Waals surface area contributed by atoms with Crippen LogP contribution in [0.1, 0.15) is 48.8 Å². The Morgan fingerprint density at radius 2 is 1.65 bits per heavy atom. The second-order valence-corrected chi connectivity index (χ2v) is 14.0. The van der Waals surface area contributed by atoms with Gasteiger partial charge in [0, 0.05) is 78.5 Å². The smallest absolute Gasteiger partial charge is 0.265 e. The van der Waals surface area contributed by atoms with Crippen molar-refractivity contribution in [3.05, 3.63) is 119 Å². The molecule has 0 saturated carbocycles. The summed E-state index contributed by atoms with van der Waals surface area (Å²) in [4.78, 5) is 54.1. The van der Waals surface area contributed by atoms with E-state index in [-0.39, 0.29) is 22.1 Å². The summed E-state index contributed by atoms with van der Waals surface area (Å²) in [5, 5.41) is 5.30. The summed E-state index contributed by atoms with van der Waals surface area (Å²) in [7, 11) is 0. The average molecular weight is 707 g/mol. The average Bonchev–Trinajstić information content (AvgIpc) is 3.50. The summed E-state index contributed by atoms with van der Waals surface area (Å²) in [6.07, 6.45) is 7.40. The third kappa shape index (κ3) is 6.23. The van der Waals surface area contributed by atoms with Gasteiger partial charge in [-0.1, -0.05) is 6.07 Å². The van der Waals surface area contributed by atoms with Crippen molar-refractivity contribution >= 4 is 51.9 Å². The predicted molar refractivity (Wildman–Crippen MR) is 191 cm³/mol. The fourth-order valence-electron chi connectivity index (χ4n) is 7.02. The molecular weight excluding hydrogens is 675 g/mol. The van der Waals surface area contributed by atoms with E-state index in [1.165, 1.54) is 17.4 Å². The SMILES string of the molecule is O=C(Nc1c(F)cccc1F)c1cc2c(s1)-c1cnccc1N(C(=O)c1ccc(NC(=O)c3cccnc3N3CC4(CCOCC4)C3)cc1)CC2.